The molecule has 1 rings (SSSR count). The highest BCUT2D eigenvalue weighted by Gasteiger charge is 2.21. The van der Waals surface area contributed by atoms with Crippen molar-refractivity contribution in [3.05, 3.63) is 63.8 Å². The van der Waals surface area contributed by atoms with E-state index in [9.17, 15) is 13.6 Å². The van der Waals surface area contributed by atoms with E-state index in [-0.39, 0.29) is 23.6 Å². The topological polar surface area (TPSA) is 84.8 Å². The molecule has 0 aliphatic carbocycles. The van der Waals surface area contributed by atoms with Crippen molar-refractivity contribution in [2.24, 2.45) is 11.7 Å². The number of amides is 2. The molecule has 6 nitrogen and oxygen atoms in total. The van der Waals surface area contributed by atoms with Crippen LogP contribution in [0.1, 0.15) is 24.5 Å². The number of hydrogen-bond acceptors (Lipinski definition) is 4. The zero-order valence-corrected chi connectivity index (χ0v) is 17.0. The fourth-order valence-corrected chi connectivity index (χ4v) is 2.52. The van der Waals surface area contributed by atoms with Crippen molar-refractivity contribution in [3.8, 4) is 5.75 Å². The molecule has 0 heterocycles. The molecule has 0 saturated heterocycles. The van der Waals surface area contributed by atoms with Crippen LogP contribution in [0.3, 0.4) is 0 Å². The number of aryl methyl sites for hydroxylation is 1. The Bertz CT molecular complexity index is 764. The number of rotatable bonds is 7. The quantitative estimate of drug-likeness (QED) is 0.286. The van der Waals surface area contributed by atoms with Crippen LogP contribution in [-0.4, -0.2) is 29.7 Å². The summed E-state index contributed by atoms with van der Waals surface area (Å²) in [6.07, 6.45) is 0.374. The van der Waals surface area contributed by atoms with Gasteiger partial charge in [0, 0.05) is 17.1 Å². The summed E-state index contributed by atoms with van der Waals surface area (Å²) < 4.78 is 32.7. The first-order chi connectivity index (χ1) is 12.6. The second kappa shape index (κ2) is 10.2. The molecule has 27 heavy (non-hydrogen) atoms. The Morgan fingerprint density at radius 1 is 1.41 bits per heavy atom. The van der Waals surface area contributed by atoms with Crippen LogP contribution in [0.4, 0.5) is 13.6 Å². The number of carbonyl (C=O) groups excluding carboxylic acids is 1. The molecule has 0 unspecified atom stereocenters. The zero-order valence-electron chi connectivity index (χ0n) is 15.4. The van der Waals surface area contributed by atoms with Crippen LogP contribution in [0, 0.1) is 6.92 Å². The molecular weight excluding hydrogens is 422 g/mol. The van der Waals surface area contributed by atoms with Crippen molar-refractivity contribution in [3.63, 3.8) is 0 Å². The average molecular weight is 445 g/mol. The first-order valence-electron chi connectivity index (χ1n) is 7.90. The summed E-state index contributed by atoms with van der Waals surface area (Å²) in [6.45, 7) is 6.99. The second-order valence-corrected chi connectivity index (χ2v) is 6.45. The third kappa shape index (κ3) is 5.88. The van der Waals surface area contributed by atoms with E-state index in [1.165, 1.54) is 25.3 Å². The van der Waals surface area contributed by atoms with Gasteiger partial charge in [0.25, 0.3) is 6.43 Å². The Labute approximate surface area is 165 Å². The Hall–Kier alpha value is -2.23. The molecule has 0 fully saturated rings. The fourth-order valence-electron chi connectivity index (χ4n) is 2.20. The maximum atomic E-state index is 13.3. The number of nitrogens with zero attached hydrogens (tertiary/aromatic N) is 2. The molecule has 0 aliphatic rings. The van der Waals surface area contributed by atoms with Gasteiger partial charge in [-0.05, 0) is 32.1 Å². The molecule has 148 valence electrons. The van der Waals surface area contributed by atoms with E-state index in [1.807, 2.05) is 0 Å². The third-order valence-electron chi connectivity index (χ3n) is 3.58. The summed E-state index contributed by atoms with van der Waals surface area (Å²) in [7, 11) is 1.34. The number of carbonyl (C=O) groups is 1. The first-order valence-corrected chi connectivity index (χ1v) is 8.69. The third-order valence-corrected chi connectivity index (χ3v) is 4.52. The van der Waals surface area contributed by atoms with E-state index in [0.717, 1.165) is 10.0 Å². The van der Waals surface area contributed by atoms with Crippen LogP contribution in [0.15, 0.2) is 52.7 Å². The highest BCUT2D eigenvalue weighted by Crippen LogP contribution is 2.31. The Morgan fingerprint density at radius 3 is 2.52 bits per heavy atom. The van der Waals surface area contributed by atoms with Crippen LogP contribution in [-0.2, 0) is 0 Å². The lowest BCUT2D eigenvalue weighted by atomic mass is 10.1. The number of hydrogen-bond donors (Lipinski definition) is 2. The van der Waals surface area contributed by atoms with Crippen molar-refractivity contribution in [2.75, 3.05) is 13.7 Å². The van der Waals surface area contributed by atoms with Gasteiger partial charge in [-0.1, -0.05) is 40.2 Å². The molecule has 9 heteroatoms. The number of alkyl halides is 2. The van der Waals surface area contributed by atoms with Gasteiger partial charge in [-0.2, -0.15) is 0 Å². The average Bonchev–Trinajstić information content (AvgIpc) is 2.63. The van der Waals surface area contributed by atoms with Crippen molar-refractivity contribution < 1.29 is 18.3 Å². The maximum Gasteiger partial charge on any atom is 0.352 e. The minimum absolute atomic E-state index is 0.0405. The number of ether oxygens (including phenoxy) is 1. The molecule has 0 atom stereocenters. The summed E-state index contributed by atoms with van der Waals surface area (Å²) in [4.78, 5) is 12.1. The lowest BCUT2D eigenvalue weighted by molar-refractivity contribution is 0.146. The fraction of sp³-hybridized carbons (Fsp3) is 0.278. The summed E-state index contributed by atoms with van der Waals surface area (Å²) in [6, 6.07) is 3.82. The normalized spacial score (nSPS) is 12.6. The molecule has 1 aromatic rings. The maximum absolute atomic E-state index is 13.3. The Morgan fingerprint density at radius 2 is 2.04 bits per heavy atom. The van der Waals surface area contributed by atoms with Gasteiger partial charge in [0.2, 0.25) is 0 Å². The summed E-state index contributed by atoms with van der Waals surface area (Å²) in [5, 5.41) is 1.61. The van der Waals surface area contributed by atoms with E-state index in [2.05, 4.69) is 22.5 Å². The molecule has 0 saturated carbocycles. The predicted octanol–water partition coefficient (Wildman–Crippen LogP) is 4.15. The van der Waals surface area contributed by atoms with E-state index in [0.29, 0.717) is 15.6 Å². The first kappa shape index (κ1) is 22.8. The highest BCUT2D eigenvalue weighted by molar-refractivity contribution is 9.12. The van der Waals surface area contributed by atoms with Crippen molar-refractivity contribution in [2.45, 2.75) is 20.3 Å². The van der Waals surface area contributed by atoms with Crippen molar-refractivity contribution in [1.82, 2.24) is 10.0 Å². The van der Waals surface area contributed by atoms with Gasteiger partial charge in [0.05, 0.1) is 11.3 Å². The molecule has 0 bridgehead atoms. The minimum Gasteiger partial charge on any atom is -0.488 e. The molecule has 1 aromatic carbocycles. The lowest BCUT2D eigenvalue weighted by Gasteiger charge is -2.24. The monoisotopic (exact) mass is 444 g/mol. The van der Waals surface area contributed by atoms with Gasteiger partial charge in [-0.3, -0.25) is 5.01 Å². The standard InChI is InChI=1S/C18H23BrF2N4O2/c1-5-14(19)13(15(6-2)25(23)18(26)24(4)22)10-27-16-8-7-11(3)9-12(16)17(20)21/h5-9,17H,2,10,22-23H2,1,3-4H3/b14-5+,15-13+. The molecular formula is C18H23BrF2N4O2. The molecule has 0 radical (unpaired) electrons. The van der Waals surface area contributed by atoms with Gasteiger partial charge in [-0.25, -0.2) is 30.3 Å². The minimum atomic E-state index is -2.69. The number of benzene rings is 1. The Kier molecular flexibility index (Phi) is 8.61. The SMILES string of the molecule is C=C/C(=C(COc1ccc(C)cc1C(F)F)\C(Br)=C/C)N(N)C(=O)N(C)N. The molecule has 4 N–H and O–H groups in total. The number of nitrogens with two attached hydrogens (primary N) is 2. The van der Waals surface area contributed by atoms with Crippen molar-refractivity contribution in [1.29, 1.82) is 0 Å². The number of allylic oxidation sites excluding steroid dienone is 2. The van der Waals surface area contributed by atoms with Crippen LogP contribution >= 0.6 is 15.9 Å². The van der Waals surface area contributed by atoms with Gasteiger partial charge in [0.1, 0.15) is 12.4 Å². The van der Waals surface area contributed by atoms with E-state index < -0.39 is 12.5 Å². The van der Waals surface area contributed by atoms with E-state index in [1.54, 1.807) is 26.0 Å². The van der Waals surface area contributed by atoms with Crippen LogP contribution in [0.2, 0.25) is 0 Å². The van der Waals surface area contributed by atoms with E-state index >= 15 is 0 Å². The molecule has 0 aliphatic heterocycles. The molecule has 2 amide bonds. The van der Waals surface area contributed by atoms with Crippen molar-refractivity contribution >= 4 is 22.0 Å². The van der Waals surface area contributed by atoms with Gasteiger partial charge in [-0.15, -0.1) is 0 Å². The van der Waals surface area contributed by atoms with Crippen LogP contribution < -0.4 is 16.4 Å². The van der Waals surface area contributed by atoms with Crippen LogP contribution in [0.25, 0.3) is 0 Å². The van der Waals surface area contributed by atoms with Gasteiger partial charge >= 0.3 is 6.03 Å². The number of halogens is 3. The van der Waals surface area contributed by atoms with Gasteiger partial charge < -0.3 is 4.74 Å². The summed E-state index contributed by atoms with van der Waals surface area (Å²) in [5.74, 6) is 11.3. The number of hydrazine groups is 2. The highest BCUT2D eigenvalue weighted by atomic mass is 79.9. The van der Waals surface area contributed by atoms with Crippen LogP contribution in [0.5, 0.6) is 5.75 Å². The summed E-state index contributed by atoms with van der Waals surface area (Å²) in [5.41, 5.74) is 1.13. The lowest BCUT2D eigenvalue weighted by Crippen LogP contribution is -2.47. The summed E-state index contributed by atoms with van der Waals surface area (Å²) >= 11 is 3.36. The smallest absolute Gasteiger partial charge is 0.352 e. The zero-order chi connectivity index (χ0) is 20.7. The second-order valence-electron chi connectivity index (χ2n) is 5.60. The predicted molar refractivity (Wildman–Crippen MR) is 105 cm³/mol. The Balaban J connectivity index is 3.30. The van der Waals surface area contributed by atoms with E-state index in [4.69, 9.17) is 16.4 Å². The van der Waals surface area contributed by atoms with Gasteiger partial charge in [0.15, 0.2) is 0 Å². The largest absolute Gasteiger partial charge is 0.488 e. The molecule has 0 spiro atoms. The molecule has 0 aromatic heterocycles. The number of urea groups is 1.